The zero-order valence-corrected chi connectivity index (χ0v) is 12.9. The van der Waals surface area contributed by atoms with Crippen LogP contribution in [-0.4, -0.2) is 42.9 Å². The first-order valence-electron chi connectivity index (χ1n) is 6.91. The Balaban J connectivity index is 0.00000220. The molecule has 1 fully saturated rings. The van der Waals surface area contributed by atoms with E-state index in [0.717, 1.165) is 18.4 Å². The Morgan fingerprint density at radius 2 is 1.95 bits per heavy atom. The van der Waals surface area contributed by atoms with Crippen LogP contribution in [0.15, 0.2) is 30.3 Å². The van der Waals surface area contributed by atoms with E-state index in [4.69, 9.17) is 5.73 Å². The zero-order chi connectivity index (χ0) is 14.5. The second kappa shape index (κ2) is 8.00. The lowest BCUT2D eigenvalue weighted by atomic mass is 9.98. The van der Waals surface area contributed by atoms with Gasteiger partial charge < -0.3 is 16.0 Å². The SMILES string of the molecule is CN(CC(=O)NC1CC1)C(=O)C(CN)c1ccccc1.Cl. The lowest BCUT2D eigenvalue weighted by Gasteiger charge is -2.22. The highest BCUT2D eigenvalue weighted by Crippen LogP contribution is 2.19. The van der Waals surface area contributed by atoms with Crippen LogP contribution in [0, 0.1) is 0 Å². The van der Waals surface area contributed by atoms with Crippen LogP contribution in [0.25, 0.3) is 0 Å². The van der Waals surface area contributed by atoms with Crippen LogP contribution in [0.2, 0.25) is 0 Å². The van der Waals surface area contributed by atoms with Crippen LogP contribution in [0.3, 0.4) is 0 Å². The van der Waals surface area contributed by atoms with Crippen LogP contribution in [-0.2, 0) is 9.59 Å². The molecular weight excluding hydrogens is 290 g/mol. The first-order chi connectivity index (χ1) is 9.61. The van der Waals surface area contributed by atoms with Gasteiger partial charge in [-0.15, -0.1) is 12.4 Å². The number of hydrogen-bond donors (Lipinski definition) is 2. The van der Waals surface area contributed by atoms with Crippen molar-refractivity contribution in [3.8, 4) is 0 Å². The van der Waals surface area contributed by atoms with Gasteiger partial charge in [-0.25, -0.2) is 0 Å². The largest absolute Gasteiger partial charge is 0.352 e. The minimum atomic E-state index is -0.394. The number of halogens is 1. The Morgan fingerprint density at radius 3 is 2.48 bits per heavy atom. The molecule has 1 aromatic rings. The first kappa shape index (κ1) is 17.5. The molecule has 0 saturated heterocycles. The average molecular weight is 312 g/mol. The smallest absolute Gasteiger partial charge is 0.239 e. The van der Waals surface area contributed by atoms with E-state index in [9.17, 15) is 9.59 Å². The highest BCUT2D eigenvalue weighted by Gasteiger charge is 2.26. The molecule has 1 aromatic carbocycles. The summed E-state index contributed by atoms with van der Waals surface area (Å²) in [5, 5.41) is 2.87. The van der Waals surface area contributed by atoms with Crippen molar-refractivity contribution in [1.29, 1.82) is 0 Å². The Bertz CT molecular complexity index is 477. The van der Waals surface area contributed by atoms with Crippen molar-refractivity contribution in [2.45, 2.75) is 24.8 Å². The molecule has 0 radical (unpaired) electrons. The van der Waals surface area contributed by atoms with Gasteiger partial charge in [0.1, 0.15) is 0 Å². The predicted octanol–water partition coefficient (Wildman–Crippen LogP) is 0.888. The summed E-state index contributed by atoms with van der Waals surface area (Å²) in [6.45, 7) is 0.316. The van der Waals surface area contributed by atoms with Crippen LogP contribution in [0.4, 0.5) is 0 Å². The van der Waals surface area contributed by atoms with Gasteiger partial charge in [-0.1, -0.05) is 30.3 Å². The fourth-order valence-corrected chi connectivity index (χ4v) is 2.13. The van der Waals surface area contributed by atoms with Crippen molar-refractivity contribution in [2.75, 3.05) is 20.1 Å². The van der Waals surface area contributed by atoms with E-state index in [-0.39, 0.29) is 37.3 Å². The fourth-order valence-electron chi connectivity index (χ4n) is 2.13. The predicted molar refractivity (Wildman–Crippen MR) is 84.3 cm³/mol. The lowest BCUT2D eigenvalue weighted by Crippen LogP contribution is -2.42. The second-order valence-corrected chi connectivity index (χ2v) is 5.24. The topological polar surface area (TPSA) is 75.4 Å². The van der Waals surface area contributed by atoms with Crippen molar-refractivity contribution in [3.63, 3.8) is 0 Å². The van der Waals surface area contributed by atoms with E-state index < -0.39 is 5.92 Å². The quantitative estimate of drug-likeness (QED) is 0.819. The maximum absolute atomic E-state index is 12.4. The van der Waals surface area contributed by atoms with Gasteiger partial charge >= 0.3 is 0 Å². The molecule has 2 rings (SSSR count). The molecule has 0 bridgehead atoms. The zero-order valence-electron chi connectivity index (χ0n) is 12.1. The van der Waals surface area contributed by atoms with Crippen LogP contribution in [0.5, 0.6) is 0 Å². The summed E-state index contributed by atoms with van der Waals surface area (Å²) in [4.78, 5) is 25.5. The molecular formula is C15H22ClN3O2. The summed E-state index contributed by atoms with van der Waals surface area (Å²) in [5.41, 5.74) is 6.60. The molecule has 2 amide bonds. The van der Waals surface area contributed by atoms with Gasteiger partial charge in [0, 0.05) is 19.6 Å². The molecule has 3 N–H and O–H groups in total. The Morgan fingerprint density at radius 1 is 1.33 bits per heavy atom. The second-order valence-electron chi connectivity index (χ2n) is 5.24. The number of nitrogens with zero attached hydrogens (tertiary/aromatic N) is 1. The Hall–Kier alpha value is -1.59. The maximum atomic E-state index is 12.4. The number of carbonyl (C=O) groups excluding carboxylic acids is 2. The molecule has 0 spiro atoms. The van der Waals surface area contributed by atoms with E-state index in [2.05, 4.69) is 5.32 Å². The molecule has 0 aliphatic heterocycles. The number of amides is 2. The number of hydrogen-bond acceptors (Lipinski definition) is 3. The molecule has 1 saturated carbocycles. The van der Waals surface area contributed by atoms with E-state index in [0.29, 0.717) is 6.04 Å². The number of likely N-dealkylation sites (N-methyl/N-ethyl adjacent to an activating group) is 1. The normalized spacial score (nSPS) is 14.8. The molecule has 21 heavy (non-hydrogen) atoms. The third-order valence-electron chi connectivity index (χ3n) is 3.44. The van der Waals surface area contributed by atoms with Gasteiger partial charge in [-0.05, 0) is 18.4 Å². The minimum Gasteiger partial charge on any atom is -0.352 e. The standard InChI is InChI=1S/C15H21N3O2.ClH/c1-18(10-14(19)17-12-7-8-12)15(20)13(9-16)11-5-3-2-4-6-11;/h2-6,12-13H,7-10,16H2,1H3,(H,17,19);1H. The van der Waals surface area contributed by atoms with Gasteiger partial charge in [0.2, 0.25) is 11.8 Å². The molecule has 5 nitrogen and oxygen atoms in total. The number of carbonyl (C=O) groups is 2. The number of rotatable bonds is 6. The summed E-state index contributed by atoms with van der Waals surface area (Å²) in [5.74, 6) is -0.619. The molecule has 116 valence electrons. The van der Waals surface area contributed by atoms with Crippen molar-refractivity contribution in [3.05, 3.63) is 35.9 Å². The minimum absolute atomic E-state index is 0. The summed E-state index contributed by atoms with van der Waals surface area (Å²) < 4.78 is 0. The van der Waals surface area contributed by atoms with Crippen LogP contribution >= 0.6 is 12.4 Å². The number of nitrogens with one attached hydrogen (secondary N) is 1. The van der Waals surface area contributed by atoms with E-state index in [1.807, 2.05) is 30.3 Å². The van der Waals surface area contributed by atoms with Gasteiger partial charge in [0.25, 0.3) is 0 Å². The van der Waals surface area contributed by atoms with Crippen molar-refractivity contribution in [1.82, 2.24) is 10.2 Å². The molecule has 0 heterocycles. The highest BCUT2D eigenvalue weighted by molar-refractivity contribution is 5.88. The van der Waals surface area contributed by atoms with Crippen LogP contribution < -0.4 is 11.1 Å². The van der Waals surface area contributed by atoms with E-state index in [1.54, 1.807) is 7.05 Å². The van der Waals surface area contributed by atoms with E-state index >= 15 is 0 Å². The van der Waals surface area contributed by atoms with Crippen molar-refractivity contribution >= 4 is 24.2 Å². The van der Waals surface area contributed by atoms with Gasteiger partial charge in [0.05, 0.1) is 12.5 Å². The summed E-state index contributed by atoms with van der Waals surface area (Å²) >= 11 is 0. The summed E-state index contributed by atoms with van der Waals surface area (Å²) in [7, 11) is 1.64. The van der Waals surface area contributed by atoms with Crippen molar-refractivity contribution in [2.24, 2.45) is 5.73 Å². The Kier molecular flexibility index (Phi) is 6.65. The molecule has 0 aromatic heterocycles. The lowest BCUT2D eigenvalue weighted by molar-refractivity contribution is -0.135. The van der Waals surface area contributed by atoms with Crippen molar-refractivity contribution < 1.29 is 9.59 Å². The number of nitrogens with two attached hydrogens (primary N) is 1. The van der Waals surface area contributed by atoms with Gasteiger partial charge in [0.15, 0.2) is 0 Å². The molecule has 1 unspecified atom stereocenters. The molecule has 6 heteroatoms. The van der Waals surface area contributed by atoms with Crippen LogP contribution in [0.1, 0.15) is 24.3 Å². The van der Waals surface area contributed by atoms with E-state index in [1.165, 1.54) is 4.90 Å². The van der Waals surface area contributed by atoms with Gasteiger partial charge in [-0.3, -0.25) is 9.59 Å². The maximum Gasteiger partial charge on any atom is 0.239 e. The molecule has 1 atom stereocenters. The third-order valence-corrected chi connectivity index (χ3v) is 3.44. The molecule has 1 aliphatic rings. The molecule has 1 aliphatic carbocycles. The average Bonchev–Trinajstić information content (AvgIpc) is 3.24. The van der Waals surface area contributed by atoms with Gasteiger partial charge in [-0.2, -0.15) is 0 Å². The highest BCUT2D eigenvalue weighted by atomic mass is 35.5. The first-order valence-corrected chi connectivity index (χ1v) is 6.91. The number of benzene rings is 1. The third kappa shape index (κ3) is 5.02. The Labute approximate surface area is 131 Å². The summed E-state index contributed by atoms with van der Waals surface area (Å²) in [6.07, 6.45) is 2.08. The summed E-state index contributed by atoms with van der Waals surface area (Å²) in [6, 6.07) is 9.73. The monoisotopic (exact) mass is 311 g/mol. The fraction of sp³-hybridized carbons (Fsp3) is 0.467.